The predicted octanol–water partition coefficient (Wildman–Crippen LogP) is 9.40. The van der Waals surface area contributed by atoms with E-state index < -0.39 is 0 Å². The highest BCUT2D eigenvalue weighted by Gasteiger charge is 2.29. The average Bonchev–Trinajstić information content (AvgIpc) is 3.61. The van der Waals surface area contributed by atoms with Gasteiger partial charge in [-0.25, -0.2) is 4.98 Å². The number of fused-ring (bicyclic) bond motifs is 2. The lowest BCUT2D eigenvalue weighted by molar-refractivity contribution is -0.153. The van der Waals surface area contributed by atoms with Crippen LogP contribution in [0.5, 0.6) is 11.5 Å². The van der Waals surface area contributed by atoms with Gasteiger partial charge in [-0.3, -0.25) is 9.59 Å². The van der Waals surface area contributed by atoms with Gasteiger partial charge >= 0.3 is 5.97 Å². The summed E-state index contributed by atoms with van der Waals surface area (Å²) >= 11 is 0. The highest BCUT2D eigenvalue weighted by Crippen LogP contribution is 2.45. The van der Waals surface area contributed by atoms with Crippen LogP contribution in [0.1, 0.15) is 100 Å². The zero-order valence-corrected chi connectivity index (χ0v) is 31.0. The second-order valence-electron chi connectivity index (χ2n) is 14.9. The van der Waals surface area contributed by atoms with E-state index in [-0.39, 0.29) is 48.3 Å². The number of anilines is 1. The molecule has 0 saturated heterocycles. The molecule has 1 fully saturated rings. The minimum absolute atomic E-state index is 0. The number of aryl methyl sites for hydroxylation is 1. The van der Waals surface area contributed by atoms with Crippen LogP contribution in [0.4, 0.5) is 5.69 Å². The summed E-state index contributed by atoms with van der Waals surface area (Å²) < 4.78 is 20.0. The van der Waals surface area contributed by atoms with Gasteiger partial charge in [0.15, 0.2) is 0 Å². The first-order valence-electron chi connectivity index (χ1n) is 18.2. The van der Waals surface area contributed by atoms with E-state index in [1.807, 2.05) is 48.5 Å². The maximum atomic E-state index is 13.8. The molecule has 0 radical (unpaired) electrons. The Bertz CT molecular complexity index is 1680. The van der Waals surface area contributed by atoms with E-state index in [9.17, 15) is 9.59 Å². The molecule has 2 aliphatic rings. The standard InChI is InChI=1S/C42H51N3O5.ClH/c1-42(2,3)36-20-18-31(17-19-32(49-41(47)27-45-23-22-43-29-45)28-48-24-21-30-11-5-4-6-12-30)25-37(36)44-40(46)26-35-33-13-7-9-15-38(33)50-39-16-10-8-14-34(35)39;/h7-10,13-16,18,20,22-23,25,29-30,32,35H,4-6,11-12,17,19,21,24,26-28H2,1-3H3,(H,44,46);1H. The lowest BCUT2D eigenvalue weighted by Gasteiger charge is -2.28. The SMILES string of the molecule is CC(C)(C)c1ccc(CCC(COCCC2CCCCC2)OC(=O)Cn2ccnc2)cc1NC(=O)CC1c2ccccc2Oc2ccccc21.Cl. The van der Waals surface area contributed by atoms with Crippen LogP contribution in [0.25, 0.3) is 0 Å². The molecule has 8 nitrogen and oxygen atoms in total. The van der Waals surface area contributed by atoms with Crippen molar-refractivity contribution in [1.29, 1.82) is 0 Å². The third-order valence-corrected chi connectivity index (χ3v) is 9.99. The number of esters is 1. The maximum absolute atomic E-state index is 13.8. The van der Waals surface area contributed by atoms with Crippen molar-refractivity contribution >= 4 is 30.0 Å². The molecular weight excluding hydrogens is 662 g/mol. The highest BCUT2D eigenvalue weighted by molar-refractivity contribution is 5.93. The molecule has 3 aromatic carbocycles. The van der Waals surface area contributed by atoms with Gasteiger partial charge < -0.3 is 24.1 Å². The molecule has 0 spiro atoms. The van der Waals surface area contributed by atoms with Crippen LogP contribution in [0.3, 0.4) is 0 Å². The molecule has 9 heteroatoms. The highest BCUT2D eigenvalue weighted by atomic mass is 35.5. The Morgan fingerprint density at radius 3 is 2.35 bits per heavy atom. The third kappa shape index (κ3) is 10.5. The van der Waals surface area contributed by atoms with Gasteiger partial charge in [0.1, 0.15) is 24.1 Å². The number of hydrogen-bond donors (Lipinski definition) is 1. The number of aromatic nitrogens is 2. The van der Waals surface area contributed by atoms with Gasteiger partial charge in [-0.1, -0.05) is 101 Å². The number of halogens is 1. The molecule has 0 bridgehead atoms. The van der Waals surface area contributed by atoms with Crippen LogP contribution in [0.2, 0.25) is 0 Å². The van der Waals surface area contributed by atoms with Gasteiger partial charge in [-0.05, 0) is 59.9 Å². The van der Waals surface area contributed by atoms with Crippen LogP contribution in [0, 0.1) is 5.92 Å². The van der Waals surface area contributed by atoms with Crippen LogP contribution < -0.4 is 10.1 Å². The quantitative estimate of drug-likeness (QED) is 0.103. The number of amides is 1. The number of hydrogen-bond acceptors (Lipinski definition) is 6. The predicted molar refractivity (Wildman–Crippen MR) is 203 cm³/mol. The first kappa shape index (κ1) is 38.1. The largest absolute Gasteiger partial charge is 0.459 e. The van der Waals surface area contributed by atoms with Crippen molar-refractivity contribution in [3.05, 3.63) is 108 Å². The molecule has 1 atom stereocenters. The van der Waals surface area contributed by atoms with E-state index in [0.717, 1.165) is 51.8 Å². The first-order valence-corrected chi connectivity index (χ1v) is 18.2. The Hall–Kier alpha value is -4.14. The molecule has 1 aromatic heterocycles. The molecule has 2 heterocycles. The average molecular weight is 714 g/mol. The molecule has 1 amide bonds. The van der Waals surface area contributed by atoms with Gasteiger partial charge in [-0.15, -0.1) is 12.4 Å². The fraction of sp³-hybridized carbons (Fsp3) is 0.452. The minimum Gasteiger partial charge on any atom is -0.459 e. The van der Waals surface area contributed by atoms with E-state index in [4.69, 9.17) is 14.2 Å². The van der Waals surface area contributed by atoms with Crippen molar-refractivity contribution in [3.8, 4) is 11.5 Å². The zero-order valence-electron chi connectivity index (χ0n) is 30.1. The molecule has 4 aromatic rings. The molecule has 272 valence electrons. The van der Waals surface area contributed by atoms with E-state index in [0.29, 0.717) is 32.5 Å². The summed E-state index contributed by atoms with van der Waals surface area (Å²) in [6.45, 7) is 7.62. The number of carbonyl (C=O) groups excluding carboxylic acids is 2. The molecule has 6 rings (SSSR count). The Balaban J connectivity index is 0.00000504. The number of imidazole rings is 1. The first-order chi connectivity index (χ1) is 24.2. The third-order valence-electron chi connectivity index (χ3n) is 9.99. The topological polar surface area (TPSA) is 91.7 Å². The van der Waals surface area contributed by atoms with Crippen LogP contribution in [-0.2, 0) is 37.4 Å². The van der Waals surface area contributed by atoms with Gasteiger partial charge in [0, 0.05) is 48.2 Å². The summed E-state index contributed by atoms with van der Waals surface area (Å²) in [5.74, 6) is 1.84. The van der Waals surface area contributed by atoms with Crippen molar-refractivity contribution in [3.63, 3.8) is 0 Å². The Morgan fingerprint density at radius 2 is 1.69 bits per heavy atom. The van der Waals surface area contributed by atoms with Crippen LogP contribution in [-0.4, -0.2) is 40.7 Å². The maximum Gasteiger partial charge on any atom is 0.326 e. The number of ether oxygens (including phenoxy) is 3. The smallest absolute Gasteiger partial charge is 0.326 e. The summed E-state index contributed by atoms with van der Waals surface area (Å²) in [7, 11) is 0. The Kier molecular flexibility index (Phi) is 13.4. The van der Waals surface area contributed by atoms with Gasteiger partial charge in [-0.2, -0.15) is 0 Å². The molecule has 1 saturated carbocycles. The fourth-order valence-electron chi connectivity index (χ4n) is 7.32. The molecular formula is C42H52ClN3O5. The zero-order chi connectivity index (χ0) is 34.9. The van der Waals surface area contributed by atoms with Gasteiger partial charge in [0.25, 0.3) is 0 Å². The van der Waals surface area contributed by atoms with E-state index >= 15 is 0 Å². The molecule has 1 N–H and O–H groups in total. The summed E-state index contributed by atoms with van der Waals surface area (Å²) in [6, 6.07) is 22.2. The molecule has 1 aliphatic carbocycles. The van der Waals surface area contributed by atoms with Crippen molar-refractivity contribution < 1.29 is 23.8 Å². The number of rotatable bonds is 14. The summed E-state index contributed by atoms with van der Waals surface area (Å²) in [5.41, 5.74) is 4.79. The van der Waals surface area contributed by atoms with Crippen LogP contribution >= 0.6 is 12.4 Å². The van der Waals surface area contributed by atoms with Crippen molar-refractivity contribution in [1.82, 2.24) is 9.55 Å². The lowest BCUT2D eigenvalue weighted by atomic mass is 9.84. The Morgan fingerprint density at radius 1 is 0.980 bits per heavy atom. The van der Waals surface area contributed by atoms with Crippen molar-refractivity contribution in [2.24, 2.45) is 5.92 Å². The number of nitrogens with one attached hydrogen (secondary N) is 1. The number of carbonyl (C=O) groups is 2. The van der Waals surface area contributed by atoms with E-state index in [1.165, 1.54) is 32.1 Å². The summed E-state index contributed by atoms with van der Waals surface area (Å²) in [4.78, 5) is 30.8. The summed E-state index contributed by atoms with van der Waals surface area (Å²) in [6.07, 6.45) is 13.8. The molecule has 1 unspecified atom stereocenters. The minimum atomic E-state index is -0.383. The van der Waals surface area contributed by atoms with E-state index in [2.05, 4.69) is 49.3 Å². The number of nitrogens with zero attached hydrogens (tertiary/aromatic N) is 2. The monoisotopic (exact) mass is 713 g/mol. The second-order valence-corrected chi connectivity index (χ2v) is 14.9. The lowest BCUT2D eigenvalue weighted by Crippen LogP contribution is -2.27. The van der Waals surface area contributed by atoms with Crippen molar-refractivity contribution in [2.45, 2.75) is 103 Å². The molecule has 51 heavy (non-hydrogen) atoms. The van der Waals surface area contributed by atoms with Crippen molar-refractivity contribution in [2.75, 3.05) is 18.5 Å². The Labute approximate surface area is 308 Å². The van der Waals surface area contributed by atoms with Gasteiger partial charge in [0.2, 0.25) is 5.91 Å². The number of benzene rings is 3. The molecule has 1 aliphatic heterocycles. The number of para-hydroxylation sites is 2. The van der Waals surface area contributed by atoms with Gasteiger partial charge in [0.05, 0.1) is 12.9 Å². The normalized spacial score (nSPS) is 15.1. The fourth-order valence-corrected chi connectivity index (χ4v) is 7.32. The van der Waals surface area contributed by atoms with Crippen LogP contribution in [0.15, 0.2) is 85.5 Å². The van der Waals surface area contributed by atoms with E-state index in [1.54, 1.807) is 23.3 Å². The second kappa shape index (κ2) is 17.9. The summed E-state index contributed by atoms with van der Waals surface area (Å²) in [5, 5.41) is 3.29.